The van der Waals surface area contributed by atoms with E-state index in [9.17, 15) is 29.6 Å². The topological polar surface area (TPSA) is 193 Å². The third kappa shape index (κ3) is 4.61. The second kappa shape index (κ2) is 9.10. The normalized spacial score (nSPS) is 27.5. The minimum Gasteiger partial charge on any atom is -0.388 e. The van der Waals surface area contributed by atoms with Crippen molar-refractivity contribution in [1.29, 1.82) is 0 Å². The summed E-state index contributed by atoms with van der Waals surface area (Å²) in [5, 5.41) is 30.3. The van der Waals surface area contributed by atoms with Crippen molar-refractivity contribution in [1.82, 2.24) is 14.5 Å². The van der Waals surface area contributed by atoms with Crippen molar-refractivity contribution >= 4 is 24.6 Å². The molecule has 7 N–H and O–H groups in total. The van der Waals surface area contributed by atoms with E-state index in [0.717, 1.165) is 0 Å². The Hall–Kier alpha value is -1.79. The Morgan fingerprint density at radius 2 is 1.91 bits per heavy atom. The van der Waals surface area contributed by atoms with Crippen LogP contribution in [0, 0.1) is 0 Å². The highest BCUT2D eigenvalue weighted by Gasteiger charge is 2.51. The Kier molecular flexibility index (Phi) is 7.12. The number of aliphatic hydroxyl groups is 3. The lowest BCUT2D eigenvalue weighted by Gasteiger charge is -2.38. The summed E-state index contributed by atoms with van der Waals surface area (Å²) in [6, 6.07) is 1.49. The molecular weight excluding hydrogens is 455 g/mol. The summed E-state index contributed by atoms with van der Waals surface area (Å²) in [5.41, 5.74) is 4.12. The number of ether oxygens (including phenoxy) is 1. The summed E-state index contributed by atoms with van der Waals surface area (Å²) >= 11 is 0. The second-order valence-corrected chi connectivity index (χ2v) is 10.8. The molecule has 1 aliphatic heterocycles. The maximum absolute atomic E-state index is 12.9. The molecule has 0 bridgehead atoms. The lowest BCUT2D eigenvalue weighted by molar-refractivity contribution is -0.0695. The van der Waals surface area contributed by atoms with E-state index in [-0.39, 0.29) is 42.7 Å². The van der Waals surface area contributed by atoms with Crippen LogP contribution in [0.3, 0.4) is 0 Å². The molecule has 33 heavy (non-hydrogen) atoms. The molecule has 0 aromatic carbocycles. The van der Waals surface area contributed by atoms with Crippen LogP contribution in [0.4, 0.5) is 5.95 Å². The molecule has 0 amide bonds. The first-order valence-corrected chi connectivity index (χ1v) is 12.5. The van der Waals surface area contributed by atoms with E-state index < -0.39 is 48.6 Å². The molecule has 13 heteroatoms. The summed E-state index contributed by atoms with van der Waals surface area (Å²) in [6.45, 7) is 6.52. The van der Waals surface area contributed by atoms with Gasteiger partial charge in [0.1, 0.15) is 12.2 Å². The predicted molar refractivity (Wildman–Crippen MR) is 120 cm³/mol. The Morgan fingerprint density at radius 1 is 1.27 bits per heavy atom. The number of rotatable bonds is 9. The fourth-order valence-electron chi connectivity index (χ4n) is 4.10. The maximum atomic E-state index is 12.9. The maximum Gasteiger partial charge on any atom is 0.359 e. The molecule has 2 aromatic heterocycles. The number of aromatic amines is 1. The van der Waals surface area contributed by atoms with E-state index in [0.29, 0.717) is 0 Å². The monoisotopic (exact) mass is 488 g/mol. The molecule has 3 heterocycles. The molecule has 6 atom stereocenters. The summed E-state index contributed by atoms with van der Waals surface area (Å²) in [7, 11) is -4.46. The molecule has 1 fully saturated rings. The van der Waals surface area contributed by atoms with Crippen LogP contribution in [-0.4, -0.2) is 64.0 Å². The second-order valence-electron chi connectivity index (χ2n) is 8.77. The molecule has 6 unspecified atom stereocenters. The standard InChI is InChI=1S/C20H33N4O8P/c1-5-19(4,32-33(29,30)20(28,6-2)7-3)10-12-13(25)14(26)17(31-12)24-9-8-11-15(24)22-18(21)23-16(11)27/h8-9,12-14,17,25-26,28H,5-7,10H2,1-4H3,(H,29,30)(H3,21,22,23,27). The lowest BCUT2D eigenvalue weighted by atomic mass is 9.93. The van der Waals surface area contributed by atoms with E-state index in [1.165, 1.54) is 16.8 Å². The first-order valence-electron chi connectivity index (χ1n) is 11.0. The van der Waals surface area contributed by atoms with Gasteiger partial charge in [-0.05, 0) is 32.3 Å². The molecule has 12 nitrogen and oxygen atoms in total. The summed E-state index contributed by atoms with van der Waals surface area (Å²) in [6.07, 6.45) is -3.00. The van der Waals surface area contributed by atoms with Crippen LogP contribution in [0.5, 0.6) is 0 Å². The van der Waals surface area contributed by atoms with Crippen molar-refractivity contribution in [2.75, 3.05) is 5.73 Å². The number of nitrogens with zero attached hydrogens (tertiary/aromatic N) is 2. The third-order valence-corrected chi connectivity index (χ3v) is 8.97. The van der Waals surface area contributed by atoms with Crippen LogP contribution >= 0.6 is 7.60 Å². The van der Waals surface area contributed by atoms with Crippen molar-refractivity contribution in [3.63, 3.8) is 0 Å². The van der Waals surface area contributed by atoms with Gasteiger partial charge < -0.3 is 39.8 Å². The van der Waals surface area contributed by atoms with E-state index in [2.05, 4.69) is 9.97 Å². The SMILES string of the molecule is CCC(C)(CC1OC(n2ccc3c(=O)[nH]c(N)nc32)C(O)C1O)OP(=O)(O)C(O)(CC)CC. The van der Waals surface area contributed by atoms with Gasteiger partial charge in [-0.1, -0.05) is 20.8 Å². The third-order valence-electron chi connectivity index (χ3n) is 6.59. The number of hydrogen-bond donors (Lipinski definition) is 6. The molecule has 3 rings (SSSR count). The van der Waals surface area contributed by atoms with Gasteiger partial charge in [0.25, 0.3) is 5.56 Å². The molecule has 0 aliphatic carbocycles. The zero-order chi connectivity index (χ0) is 24.8. The Morgan fingerprint density at radius 3 is 2.48 bits per heavy atom. The van der Waals surface area contributed by atoms with Crippen molar-refractivity contribution < 1.29 is 34.0 Å². The van der Waals surface area contributed by atoms with Crippen LogP contribution in [0.15, 0.2) is 17.1 Å². The Labute approximate surface area is 190 Å². The minimum atomic E-state index is -4.46. The number of aliphatic hydroxyl groups excluding tert-OH is 2. The molecule has 0 spiro atoms. The first-order chi connectivity index (χ1) is 15.3. The fraction of sp³-hybridized carbons (Fsp3) is 0.700. The molecule has 0 saturated carbocycles. The number of nitrogens with one attached hydrogen (secondary N) is 1. The quantitative estimate of drug-likeness (QED) is 0.279. The Balaban J connectivity index is 1.86. The van der Waals surface area contributed by atoms with Gasteiger partial charge in [0, 0.05) is 12.6 Å². The molecule has 2 aromatic rings. The summed E-state index contributed by atoms with van der Waals surface area (Å²) in [5.74, 6) is -0.109. The van der Waals surface area contributed by atoms with Gasteiger partial charge >= 0.3 is 7.60 Å². The highest BCUT2D eigenvalue weighted by molar-refractivity contribution is 7.54. The van der Waals surface area contributed by atoms with Gasteiger partial charge in [0.05, 0.1) is 17.1 Å². The Bertz CT molecular complexity index is 1100. The average Bonchev–Trinajstić information content (AvgIpc) is 3.28. The highest BCUT2D eigenvalue weighted by atomic mass is 31.2. The van der Waals surface area contributed by atoms with Gasteiger partial charge in [-0.15, -0.1) is 0 Å². The molecule has 186 valence electrons. The zero-order valence-electron chi connectivity index (χ0n) is 19.1. The average molecular weight is 488 g/mol. The number of nitrogen functional groups attached to an aromatic ring is 1. The number of anilines is 1. The van der Waals surface area contributed by atoms with Crippen LogP contribution in [0.2, 0.25) is 0 Å². The molecule has 1 saturated heterocycles. The molecule has 1 aliphatic rings. The van der Waals surface area contributed by atoms with Crippen LogP contribution in [0.25, 0.3) is 11.0 Å². The predicted octanol–water partition coefficient (Wildman–Crippen LogP) is 1.20. The number of nitrogens with two attached hydrogens (primary N) is 1. The van der Waals surface area contributed by atoms with Crippen molar-refractivity contribution in [2.24, 2.45) is 0 Å². The minimum absolute atomic E-state index is 0.0242. The number of fused-ring (bicyclic) bond motifs is 1. The molecule has 0 radical (unpaired) electrons. The lowest BCUT2D eigenvalue weighted by Crippen LogP contribution is -2.40. The zero-order valence-corrected chi connectivity index (χ0v) is 20.0. The van der Waals surface area contributed by atoms with Gasteiger partial charge in [-0.3, -0.25) is 14.3 Å². The van der Waals surface area contributed by atoms with E-state index >= 15 is 0 Å². The highest BCUT2D eigenvalue weighted by Crippen LogP contribution is 2.60. The largest absolute Gasteiger partial charge is 0.388 e. The summed E-state index contributed by atoms with van der Waals surface area (Å²) < 4.78 is 25.9. The first kappa shape index (κ1) is 25.8. The molecular formula is C20H33N4O8P. The van der Waals surface area contributed by atoms with Crippen LogP contribution in [0.1, 0.15) is 59.6 Å². The van der Waals surface area contributed by atoms with Gasteiger partial charge in [-0.25, -0.2) is 0 Å². The summed E-state index contributed by atoms with van der Waals surface area (Å²) in [4.78, 5) is 29.1. The van der Waals surface area contributed by atoms with Gasteiger partial charge in [0.2, 0.25) is 5.95 Å². The van der Waals surface area contributed by atoms with Crippen LogP contribution < -0.4 is 11.3 Å². The fourth-order valence-corrected chi connectivity index (χ4v) is 5.87. The van der Waals surface area contributed by atoms with Gasteiger partial charge in [0.15, 0.2) is 17.2 Å². The van der Waals surface area contributed by atoms with Gasteiger partial charge in [-0.2, -0.15) is 4.98 Å². The van der Waals surface area contributed by atoms with Crippen molar-refractivity contribution in [3.05, 3.63) is 22.6 Å². The van der Waals surface area contributed by atoms with Crippen molar-refractivity contribution in [2.45, 2.75) is 88.9 Å². The number of aromatic nitrogens is 3. The smallest absolute Gasteiger partial charge is 0.359 e. The van der Waals surface area contributed by atoms with Crippen LogP contribution in [-0.2, 0) is 13.8 Å². The van der Waals surface area contributed by atoms with E-state index in [1.54, 1.807) is 27.7 Å². The van der Waals surface area contributed by atoms with Crippen molar-refractivity contribution in [3.8, 4) is 0 Å². The van der Waals surface area contributed by atoms with E-state index in [4.69, 9.17) is 15.0 Å². The van der Waals surface area contributed by atoms with E-state index in [1.807, 2.05) is 0 Å². The number of H-pyrrole nitrogens is 1. The number of hydrogen-bond acceptors (Lipinski definition) is 9.